The summed E-state index contributed by atoms with van der Waals surface area (Å²) in [6, 6.07) is 6.16. The van der Waals surface area contributed by atoms with Crippen LogP contribution in [0.4, 0.5) is 10.3 Å². The van der Waals surface area contributed by atoms with Crippen LogP contribution in [0, 0.1) is 23.6 Å². The first-order valence-electron chi connectivity index (χ1n) is 15.4. The number of phenolic OH excluding ortho intramolecular Hbond substituents is 1. The zero-order valence-electron chi connectivity index (χ0n) is 24.8. The fourth-order valence-electron chi connectivity index (χ4n) is 6.65. The average molecular weight is 601 g/mol. The maximum absolute atomic E-state index is 14.8. The molecule has 0 unspecified atom stereocenters. The van der Waals surface area contributed by atoms with Gasteiger partial charge in [-0.05, 0) is 48.4 Å². The molecule has 11 heteroatoms. The van der Waals surface area contributed by atoms with Gasteiger partial charge in [0.2, 0.25) is 11.8 Å². The Kier molecular flexibility index (Phi) is 7.97. The highest BCUT2D eigenvalue weighted by molar-refractivity contribution is 5.92. The first-order chi connectivity index (χ1) is 21.5. The molecule has 2 aromatic heterocycles. The van der Waals surface area contributed by atoms with E-state index in [4.69, 9.17) is 35.6 Å². The standard InChI is InChI=1S/C33H37FN6O4/c1-2-26-27(34)6-5-23-17-25(41)18-24(28(23)26)19-40-22-35-29-30(40)36-32(39-9-4-13-42-16-12-39)37-31(29)44-21-33(7-3-8-33)20-38-10-14-43-15-11-38/h1,5-6,17-18,22,41H,3-4,7-16,19-21H2. The maximum atomic E-state index is 14.8. The molecule has 1 N–H and O–H groups in total. The number of aromatic nitrogens is 4. The van der Waals surface area contributed by atoms with Gasteiger partial charge in [-0.2, -0.15) is 9.97 Å². The topological polar surface area (TPSA) is 98.0 Å². The second-order valence-corrected chi connectivity index (χ2v) is 12.1. The average Bonchev–Trinajstić information content (AvgIpc) is 3.22. The molecular formula is C33H37FN6O4. The number of anilines is 1. The third kappa shape index (κ3) is 5.65. The van der Waals surface area contributed by atoms with E-state index in [9.17, 15) is 9.50 Å². The smallest absolute Gasteiger partial charge is 0.247 e. The van der Waals surface area contributed by atoms with Gasteiger partial charge in [0.1, 0.15) is 11.6 Å². The van der Waals surface area contributed by atoms with Crippen molar-refractivity contribution in [2.75, 3.05) is 70.7 Å². The number of nitrogens with zero attached hydrogens (tertiary/aromatic N) is 6. The molecule has 44 heavy (non-hydrogen) atoms. The fraction of sp³-hybridized carbons (Fsp3) is 0.485. The second kappa shape index (κ2) is 12.2. The molecule has 0 atom stereocenters. The third-order valence-electron chi connectivity index (χ3n) is 9.14. The Morgan fingerprint density at radius 1 is 1.02 bits per heavy atom. The number of ether oxygens (including phenoxy) is 3. The fourth-order valence-corrected chi connectivity index (χ4v) is 6.65. The summed E-state index contributed by atoms with van der Waals surface area (Å²) in [4.78, 5) is 19.2. The van der Waals surface area contributed by atoms with Crippen LogP contribution in [0.25, 0.3) is 21.9 Å². The number of aromatic hydroxyl groups is 1. The van der Waals surface area contributed by atoms with Crippen molar-refractivity contribution in [3.05, 3.63) is 47.5 Å². The Morgan fingerprint density at radius 2 is 1.84 bits per heavy atom. The van der Waals surface area contributed by atoms with E-state index in [2.05, 4.69) is 15.7 Å². The van der Waals surface area contributed by atoms with E-state index in [-0.39, 0.29) is 23.3 Å². The van der Waals surface area contributed by atoms with Crippen LogP contribution >= 0.6 is 0 Å². The predicted molar refractivity (Wildman–Crippen MR) is 165 cm³/mol. The van der Waals surface area contributed by atoms with Gasteiger partial charge in [-0.15, -0.1) is 6.42 Å². The van der Waals surface area contributed by atoms with Crippen molar-refractivity contribution in [3.8, 4) is 24.0 Å². The minimum Gasteiger partial charge on any atom is -0.508 e. The molecule has 230 valence electrons. The lowest BCUT2D eigenvalue weighted by Gasteiger charge is -2.45. The molecule has 3 fully saturated rings. The largest absolute Gasteiger partial charge is 0.508 e. The predicted octanol–water partition coefficient (Wildman–Crippen LogP) is 3.96. The van der Waals surface area contributed by atoms with Gasteiger partial charge in [-0.25, -0.2) is 9.37 Å². The normalized spacial score (nSPS) is 19.0. The van der Waals surface area contributed by atoms with Gasteiger partial charge in [-0.3, -0.25) is 4.90 Å². The lowest BCUT2D eigenvalue weighted by atomic mass is 9.69. The molecule has 0 amide bonds. The summed E-state index contributed by atoms with van der Waals surface area (Å²) >= 11 is 0. The highest BCUT2D eigenvalue weighted by Crippen LogP contribution is 2.42. The lowest BCUT2D eigenvalue weighted by Crippen LogP contribution is -2.49. The van der Waals surface area contributed by atoms with E-state index in [0.29, 0.717) is 65.7 Å². The van der Waals surface area contributed by atoms with Crippen molar-refractivity contribution in [2.45, 2.75) is 32.2 Å². The number of rotatable bonds is 8. The molecule has 2 saturated heterocycles. The highest BCUT2D eigenvalue weighted by atomic mass is 19.1. The number of imidazole rings is 1. The second-order valence-electron chi connectivity index (χ2n) is 12.1. The van der Waals surface area contributed by atoms with Gasteiger partial charge >= 0.3 is 0 Å². The Labute approximate surface area is 255 Å². The van der Waals surface area contributed by atoms with E-state index < -0.39 is 5.82 Å². The summed E-state index contributed by atoms with van der Waals surface area (Å²) in [5, 5.41) is 11.8. The molecule has 2 aliphatic heterocycles. The molecule has 0 bridgehead atoms. The Bertz CT molecular complexity index is 1700. The first-order valence-corrected chi connectivity index (χ1v) is 15.4. The SMILES string of the molecule is C#Cc1c(F)ccc2cc(O)cc(Cn3cnc4c(OCC5(CN6CCOCC6)CCC5)nc(N5CCCOCC5)nc43)c12. The van der Waals surface area contributed by atoms with Crippen molar-refractivity contribution in [2.24, 2.45) is 5.41 Å². The molecule has 0 spiro atoms. The molecule has 0 radical (unpaired) electrons. The summed E-state index contributed by atoms with van der Waals surface area (Å²) in [5.41, 5.74) is 2.06. The van der Waals surface area contributed by atoms with Gasteiger partial charge < -0.3 is 28.8 Å². The first kappa shape index (κ1) is 28.8. The zero-order valence-corrected chi connectivity index (χ0v) is 24.8. The van der Waals surface area contributed by atoms with Crippen LogP contribution in [-0.4, -0.2) is 95.3 Å². The summed E-state index contributed by atoms with van der Waals surface area (Å²) in [6.45, 7) is 7.95. The van der Waals surface area contributed by atoms with Crippen LogP contribution in [-0.2, 0) is 16.0 Å². The number of phenols is 1. The van der Waals surface area contributed by atoms with E-state index in [0.717, 1.165) is 58.7 Å². The molecule has 4 heterocycles. The Balaban J connectivity index is 1.25. The highest BCUT2D eigenvalue weighted by Gasteiger charge is 2.40. The number of fused-ring (bicyclic) bond motifs is 2. The molecule has 3 aliphatic rings. The number of hydrogen-bond donors (Lipinski definition) is 1. The van der Waals surface area contributed by atoms with Crippen LogP contribution in [0.5, 0.6) is 11.6 Å². The minimum absolute atomic E-state index is 0.0708. The molecule has 1 aliphatic carbocycles. The Hall–Kier alpha value is -3.98. The van der Waals surface area contributed by atoms with Gasteiger partial charge in [-0.1, -0.05) is 18.4 Å². The van der Waals surface area contributed by atoms with E-state index in [1.54, 1.807) is 24.5 Å². The number of hydrogen-bond acceptors (Lipinski definition) is 9. The summed E-state index contributed by atoms with van der Waals surface area (Å²) in [5.74, 6) is 3.11. The molecule has 1 saturated carbocycles. The van der Waals surface area contributed by atoms with Crippen molar-refractivity contribution >= 4 is 27.9 Å². The number of halogens is 1. The van der Waals surface area contributed by atoms with Gasteiger partial charge in [0.05, 0.1) is 44.9 Å². The molecule has 2 aromatic carbocycles. The van der Waals surface area contributed by atoms with E-state index in [1.165, 1.54) is 12.5 Å². The quantitative estimate of drug-likeness (QED) is 0.302. The van der Waals surface area contributed by atoms with Gasteiger partial charge in [0, 0.05) is 50.1 Å². The van der Waals surface area contributed by atoms with Crippen molar-refractivity contribution in [1.82, 2.24) is 24.4 Å². The summed E-state index contributed by atoms with van der Waals surface area (Å²) in [6.07, 6.45) is 11.7. The van der Waals surface area contributed by atoms with Crippen LogP contribution in [0.15, 0.2) is 30.6 Å². The zero-order chi connectivity index (χ0) is 30.1. The van der Waals surface area contributed by atoms with Crippen molar-refractivity contribution in [1.29, 1.82) is 0 Å². The maximum Gasteiger partial charge on any atom is 0.247 e. The van der Waals surface area contributed by atoms with Gasteiger partial charge in [0.15, 0.2) is 11.2 Å². The van der Waals surface area contributed by atoms with Crippen molar-refractivity contribution in [3.63, 3.8) is 0 Å². The van der Waals surface area contributed by atoms with Crippen LogP contribution in [0.2, 0.25) is 0 Å². The number of benzene rings is 2. The number of terminal acetylenes is 1. The molecule has 7 rings (SSSR count). The van der Waals surface area contributed by atoms with Gasteiger partial charge in [0.25, 0.3) is 0 Å². The van der Waals surface area contributed by atoms with Crippen molar-refractivity contribution < 1.29 is 23.7 Å². The van der Waals surface area contributed by atoms with Crippen LogP contribution in [0.3, 0.4) is 0 Å². The Morgan fingerprint density at radius 3 is 2.64 bits per heavy atom. The minimum atomic E-state index is -0.479. The number of morpholine rings is 1. The third-order valence-corrected chi connectivity index (χ3v) is 9.14. The van der Waals surface area contributed by atoms with E-state index >= 15 is 0 Å². The van der Waals surface area contributed by atoms with Crippen LogP contribution in [0.1, 0.15) is 36.8 Å². The van der Waals surface area contributed by atoms with Crippen LogP contribution < -0.4 is 9.64 Å². The summed E-state index contributed by atoms with van der Waals surface area (Å²) < 4.78 is 34.5. The lowest BCUT2D eigenvalue weighted by molar-refractivity contribution is -0.0246. The molecule has 10 nitrogen and oxygen atoms in total. The molecular weight excluding hydrogens is 563 g/mol. The van der Waals surface area contributed by atoms with E-state index in [1.807, 2.05) is 4.57 Å². The monoisotopic (exact) mass is 600 g/mol. The molecule has 4 aromatic rings. The summed E-state index contributed by atoms with van der Waals surface area (Å²) in [7, 11) is 0.